The standard InChI is InChI=1S/C35H44O4/c1-4-34-22-30(23-5-10-26(36-2)11-6-23)33-28-17-18-35(38-19-20-39-35)21-25(28)9-14-29(33)32(34)16-15-31(34)24-7-12-27(37-3)13-8-24/h5-13,28-33H,4,14-22H2,1-3H3/t28-,29-,30+,31+,32-,33+,34+/m0/s1. The normalized spacial score (nSPS) is 36.5. The highest BCUT2D eigenvalue weighted by Crippen LogP contribution is 2.70. The van der Waals surface area contributed by atoms with E-state index in [1.165, 1.54) is 49.7 Å². The summed E-state index contributed by atoms with van der Waals surface area (Å²) in [6.07, 6.45) is 12.2. The molecule has 4 heteroatoms. The van der Waals surface area contributed by atoms with Gasteiger partial charge >= 0.3 is 0 Å². The van der Waals surface area contributed by atoms with Crippen LogP contribution in [-0.4, -0.2) is 33.2 Å². The monoisotopic (exact) mass is 528 g/mol. The molecule has 4 aliphatic carbocycles. The number of hydrogen-bond acceptors (Lipinski definition) is 4. The summed E-state index contributed by atoms with van der Waals surface area (Å²) in [6.45, 7) is 3.96. The summed E-state index contributed by atoms with van der Waals surface area (Å²) in [7, 11) is 3.53. The molecule has 208 valence electrons. The lowest BCUT2D eigenvalue weighted by Crippen LogP contribution is -2.51. The Balaban J connectivity index is 1.29. The van der Waals surface area contributed by atoms with Crippen LogP contribution >= 0.6 is 0 Å². The van der Waals surface area contributed by atoms with E-state index in [1.54, 1.807) is 19.8 Å². The van der Waals surface area contributed by atoms with Gasteiger partial charge in [-0.1, -0.05) is 42.8 Å². The Kier molecular flexibility index (Phi) is 6.55. The average Bonchev–Trinajstić information content (AvgIpc) is 3.61. The summed E-state index contributed by atoms with van der Waals surface area (Å²) >= 11 is 0. The van der Waals surface area contributed by atoms with Crippen molar-refractivity contribution in [2.75, 3.05) is 27.4 Å². The maximum absolute atomic E-state index is 6.20. The van der Waals surface area contributed by atoms with Crippen molar-refractivity contribution in [2.24, 2.45) is 29.1 Å². The van der Waals surface area contributed by atoms with Crippen LogP contribution in [0.4, 0.5) is 0 Å². The van der Waals surface area contributed by atoms with E-state index in [0.29, 0.717) is 29.1 Å². The van der Waals surface area contributed by atoms with Gasteiger partial charge in [-0.2, -0.15) is 0 Å². The summed E-state index contributed by atoms with van der Waals surface area (Å²) < 4.78 is 23.5. The lowest BCUT2D eigenvalue weighted by atomic mass is 9.46. The lowest BCUT2D eigenvalue weighted by molar-refractivity contribution is -0.177. The average molecular weight is 529 g/mol. The van der Waals surface area contributed by atoms with E-state index in [9.17, 15) is 0 Å². The Morgan fingerprint density at radius 3 is 2.13 bits per heavy atom. The van der Waals surface area contributed by atoms with E-state index in [1.807, 2.05) is 0 Å². The summed E-state index contributed by atoms with van der Waals surface area (Å²) in [5.41, 5.74) is 4.97. The van der Waals surface area contributed by atoms with Crippen LogP contribution in [-0.2, 0) is 9.47 Å². The smallest absolute Gasteiger partial charge is 0.172 e. The zero-order valence-corrected chi connectivity index (χ0v) is 23.9. The molecule has 7 rings (SSSR count). The summed E-state index contributed by atoms with van der Waals surface area (Å²) in [5.74, 6) is 5.58. The molecule has 4 fully saturated rings. The van der Waals surface area contributed by atoms with Gasteiger partial charge in [-0.25, -0.2) is 0 Å². The molecule has 4 nitrogen and oxygen atoms in total. The molecule has 7 atom stereocenters. The molecule has 0 radical (unpaired) electrons. The van der Waals surface area contributed by atoms with Crippen LogP contribution in [0.15, 0.2) is 60.2 Å². The maximum atomic E-state index is 6.20. The van der Waals surface area contributed by atoms with Crippen molar-refractivity contribution in [3.63, 3.8) is 0 Å². The number of benzene rings is 2. The molecular formula is C35H44O4. The highest BCUT2D eigenvalue weighted by Gasteiger charge is 2.61. The first kappa shape index (κ1) is 25.7. The zero-order valence-electron chi connectivity index (χ0n) is 23.9. The van der Waals surface area contributed by atoms with Gasteiger partial charge in [-0.05, 0) is 115 Å². The fraction of sp³-hybridized carbons (Fsp3) is 0.600. The first-order valence-electron chi connectivity index (χ1n) is 15.3. The van der Waals surface area contributed by atoms with Gasteiger partial charge in [-0.3, -0.25) is 0 Å². The molecule has 3 saturated carbocycles. The molecule has 1 heterocycles. The van der Waals surface area contributed by atoms with Gasteiger partial charge in [0.2, 0.25) is 0 Å². The molecule has 0 bridgehead atoms. The largest absolute Gasteiger partial charge is 0.497 e. The van der Waals surface area contributed by atoms with Gasteiger partial charge in [0.05, 0.1) is 27.4 Å². The second kappa shape index (κ2) is 9.96. The molecule has 1 spiro atoms. The molecule has 0 amide bonds. The van der Waals surface area contributed by atoms with Crippen LogP contribution in [0, 0.1) is 29.1 Å². The third-order valence-corrected chi connectivity index (χ3v) is 11.7. The van der Waals surface area contributed by atoms with E-state index >= 15 is 0 Å². The van der Waals surface area contributed by atoms with E-state index < -0.39 is 0 Å². The molecule has 1 saturated heterocycles. The number of ether oxygens (including phenoxy) is 4. The van der Waals surface area contributed by atoms with Crippen LogP contribution in [0.1, 0.15) is 81.3 Å². The van der Waals surface area contributed by atoms with E-state index in [4.69, 9.17) is 18.9 Å². The van der Waals surface area contributed by atoms with Crippen LogP contribution in [0.3, 0.4) is 0 Å². The predicted molar refractivity (Wildman–Crippen MR) is 153 cm³/mol. The number of allylic oxidation sites excluding steroid dienone is 1. The van der Waals surface area contributed by atoms with Crippen LogP contribution < -0.4 is 9.47 Å². The minimum absolute atomic E-state index is 0.333. The molecule has 39 heavy (non-hydrogen) atoms. The first-order chi connectivity index (χ1) is 19.1. The van der Waals surface area contributed by atoms with Gasteiger partial charge < -0.3 is 18.9 Å². The van der Waals surface area contributed by atoms with Crippen molar-refractivity contribution in [2.45, 2.75) is 75.9 Å². The first-order valence-corrected chi connectivity index (χ1v) is 15.3. The number of fused-ring (bicyclic) bond motifs is 5. The lowest BCUT2D eigenvalue weighted by Gasteiger charge is -2.58. The third kappa shape index (κ3) is 4.08. The Morgan fingerprint density at radius 2 is 1.49 bits per heavy atom. The van der Waals surface area contributed by atoms with E-state index in [-0.39, 0.29) is 5.79 Å². The van der Waals surface area contributed by atoms with Crippen molar-refractivity contribution in [1.82, 2.24) is 0 Å². The SMILES string of the molecule is CC[C@]12C[C@H](c3ccc(OC)cc3)[C@H]3[C@@H](CC=C4CC5(CC[C@@H]43)OCCO5)[C@@H]1CC[C@@H]2c1ccc(OC)cc1. The predicted octanol–water partition coefficient (Wildman–Crippen LogP) is 7.89. The number of methoxy groups -OCH3 is 2. The Bertz CT molecular complexity index is 1190. The highest BCUT2D eigenvalue weighted by molar-refractivity contribution is 5.37. The zero-order chi connectivity index (χ0) is 26.6. The Labute approximate surface area is 234 Å². The molecule has 0 N–H and O–H groups in total. The third-order valence-electron chi connectivity index (χ3n) is 11.7. The van der Waals surface area contributed by atoms with Gasteiger partial charge in [0, 0.05) is 12.8 Å². The fourth-order valence-electron chi connectivity index (χ4n) is 10.1. The second-order valence-electron chi connectivity index (χ2n) is 12.9. The molecule has 5 aliphatic rings. The second-order valence-corrected chi connectivity index (χ2v) is 12.9. The molecule has 2 aromatic rings. The summed E-state index contributed by atoms with van der Waals surface area (Å²) in [4.78, 5) is 0. The van der Waals surface area contributed by atoms with Crippen molar-refractivity contribution in [3.05, 3.63) is 71.3 Å². The van der Waals surface area contributed by atoms with Crippen molar-refractivity contribution < 1.29 is 18.9 Å². The van der Waals surface area contributed by atoms with Crippen molar-refractivity contribution >= 4 is 0 Å². The Morgan fingerprint density at radius 1 is 0.821 bits per heavy atom. The van der Waals surface area contributed by atoms with Crippen LogP contribution in [0.25, 0.3) is 0 Å². The fourth-order valence-corrected chi connectivity index (χ4v) is 10.1. The van der Waals surface area contributed by atoms with Crippen LogP contribution in [0.2, 0.25) is 0 Å². The molecule has 2 aromatic carbocycles. The van der Waals surface area contributed by atoms with Gasteiger partial charge in [-0.15, -0.1) is 0 Å². The van der Waals surface area contributed by atoms with E-state index in [2.05, 4.69) is 61.5 Å². The maximum Gasteiger partial charge on any atom is 0.172 e. The van der Waals surface area contributed by atoms with Crippen LogP contribution in [0.5, 0.6) is 11.5 Å². The number of hydrogen-bond donors (Lipinski definition) is 0. The van der Waals surface area contributed by atoms with Gasteiger partial charge in [0.25, 0.3) is 0 Å². The quantitative estimate of drug-likeness (QED) is 0.370. The molecule has 0 aromatic heterocycles. The minimum Gasteiger partial charge on any atom is -0.497 e. The number of rotatable bonds is 5. The van der Waals surface area contributed by atoms with Gasteiger partial charge in [0.1, 0.15) is 11.5 Å². The molecule has 0 unspecified atom stereocenters. The van der Waals surface area contributed by atoms with Gasteiger partial charge in [0.15, 0.2) is 5.79 Å². The van der Waals surface area contributed by atoms with Crippen molar-refractivity contribution in [1.29, 1.82) is 0 Å². The topological polar surface area (TPSA) is 36.9 Å². The highest BCUT2D eigenvalue weighted by atomic mass is 16.7. The minimum atomic E-state index is -0.348. The van der Waals surface area contributed by atoms with Crippen molar-refractivity contribution in [3.8, 4) is 11.5 Å². The van der Waals surface area contributed by atoms with E-state index in [0.717, 1.165) is 49.4 Å². The summed E-state index contributed by atoms with van der Waals surface area (Å²) in [6, 6.07) is 18.1. The Hall–Kier alpha value is -2.30. The molecular weight excluding hydrogens is 484 g/mol. The molecule has 1 aliphatic heterocycles. The summed E-state index contributed by atoms with van der Waals surface area (Å²) in [5, 5.41) is 0.